The van der Waals surface area contributed by atoms with Gasteiger partial charge in [-0.3, -0.25) is 0 Å². The second-order valence-electron chi connectivity index (χ2n) is 8.34. The van der Waals surface area contributed by atoms with Gasteiger partial charge in [-0.15, -0.1) is 0 Å². The van der Waals surface area contributed by atoms with E-state index >= 15 is 0 Å². The van der Waals surface area contributed by atoms with Crippen LogP contribution in [0, 0.1) is 41.5 Å². The molecule has 8 heteroatoms. The third kappa shape index (κ3) is 5.35. The van der Waals surface area contributed by atoms with Gasteiger partial charge in [-0.05, 0) is 76.4 Å². The van der Waals surface area contributed by atoms with Crippen LogP contribution in [0.1, 0.15) is 33.4 Å². The minimum atomic E-state index is -4.27. The van der Waals surface area contributed by atoms with Crippen molar-refractivity contribution in [1.29, 1.82) is 0 Å². The number of ether oxygens (including phenoxy) is 3. The maximum atomic E-state index is 14.2. The average Bonchev–Trinajstić information content (AvgIpc) is 2.81. The quantitative estimate of drug-likeness (QED) is 0.288. The molecular weight excluding hydrogens is 467 g/mol. The van der Waals surface area contributed by atoms with Crippen molar-refractivity contribution >= 4 is 7.82 Å². The number of phosphoric acid groups is 1. The summed E-state index contributed by atoms with van der Waals surface area (Å²) >= 11 is 0. The summed E-state index contributed by atoms with van der Waals surface area (Å²) < 4.78 is 48.8. The summed E-state index contributed by atoms with van der Waals surface area (Å²) in [6.45, 7) is 11.2. The van der Waals surface area contributed by atoms with E-state index in [0.717, 1.165) is 16.7 Å². The summed E-state index contributed by atoms with van der Waals surface area (Å²) in [5, 5.41) is 0. The molecule has 188 valence electrons. The molecule has 0 unspecified atom stereocenters. The van der Waals surface area contributed by atoms with Gasteiger partial charge in [-0.1, -0.05) is 18.2 Å². The van der Waals surface area contributed by atoms with Gasteiger partial charge in [-0.25, -0.2) is 0 Å². The zero-order chi connectivity index (χ0) is 25.9. The SMILES string of the molecule is COc1c(C)ccc(OP(=O)(Oc2ccc(C)c(OC)c2C)Oc2ccc(C)c(OC)c2C)c1C. The Morgan fingerprint density at radius 1 is 0.486 bits per heavy atom. The number of methoxy groups -OCH3 is 3. The number of rotatable bonds is 9. The molecule has 0 saturated heterocycles. The minimum absolute atomic E-state index is 0.323. The van der Waals surface area contributed by atoms with E-state index in [0.29, 0.717) is 51.2 Å². The zero-order valence-electron chi connectivity index (χ0n) is 21.8. The molecule has 35 heavy (non-hydrogen) atoms. The van der Waals surface area contributed by atoms with Crippen LogP contribution in [-0.2, 0) is 4.57 Å². The van der Waals surface area contributed by atoms with E-state index in [2.05, 4.69) is 0 Å². The van der Waals surface area contributed by atoms with Gasteiger partial charge in [0.1, 0.15) is 34.5 Å². The van der Waals surface area contributed by atoms with Crippen LogP contribution < -0.4 is 27.8 Å². The first-order valence-electron chi connectivity index (χ1n) is 11.2. The average molecular weight is 501 g/mol. The highest BCUT2D eigenvalue weighted by Gasteiger charge is 2.36. The third-order valence-corrected chi connectivity index (χ3v) is 7.16. The monoisotopic (exact) mass is 500 g/mol. The first-order valence-corrected chi connectivity index (χ1v) is 12.6. The van der Waals surface area contributed by atoms with Crippen LogP contribution in [0.15, 0.2) is 36.4 Å². The predicted octanol–water partition coefficient (Wildman–Crippen LogP) is 7.21. The lowest BCUT2D eigenvalue weighted by molar-refractivity contribution is 0.293. The second-order valence-corrected chi connectivity index (χ2v) is 9.78. The van der Waals surface area contributed by atoms with Gasteiger partial charge in [0, 0.05) is 16.7 Å². The lowest BCUT2D eigenvalue weighted by Gasteiger charge is -2.24. The zero-order valence-corrected chi connectivity index (χ0v) is 22.7. The van der Waals surface area contributed by atoms with Crippen LogP contribution >= 0.6 is 7.82 Å². The number of hydrogen-bond acceptors (Lipinski definition) is 7. The maximum absolute atomic E-state index is 14.2. The van der Waals surface area contributed by atoms with Gasteiger partial charge in [0.05, 0.1) is 21.3 Å². The lowest BCUT2D eigenvalue weighted by Crippen LogP contribution is -2.10. The molecule has 0 heterocycles. The Kier molecular flexibility index (Phi) is 7.91. The Balaban J connectivity index is 2.12. The van der Waals surface area contributed by atoms with Gasteiger partial charge >= 0.3 is 7.82 Å². The smallest absolute Gasteiger partial charge is 0.496 e. The normalized spacial score (nSPS) is 11.1. The topological polar surface area (TPSA) is 72.5 Å². The van der Waals surface area contributed by atoms with Crippen molar-refractivity contribution in [2.45, 2.75) is 41.5 Å². The molecule has 0 atom stereocenters. The number of benzene rings is 3. The van der Waals surface area contributed by atoms with Crippen molar-refractivity contribution in [3.8, 4) is 34.5 Å². The molecule has 0 aliphatic heterocycles. The van der Waals surface area contributed by atoms with Gasteiger partial charge in [0.25, 0.3) is 0 Å². The molecular formula is C27H33O7P. The summed E-state index contributed by atoms with van der Waals surface area (Å²) in [5.74, 6) is 2.87. The largest absolute Gasteiger partial charge is 0.647 e. The van der Waals surface area contributed by atoms with E-state index in [4.69, 9.17) is 27.8 Å². The van der Waals surface area contributed by atoms with Crippen LogP contribution in [-0.4, -0.2) is 21.3 Å². The Bertz CT molecular complexity index is 1130. The van der Waals surface area contributed by atoms with Gasteiger partial charge < -0.3 is 27.8 Å². The molecule has 0 fully saturated rings. The van der Waals surface area contributed by atoms with Crippen LogP contribution in [0.25, 0.3) is 0 Å². The molecule has 0 aliphatic rings. The fourth-order valence-corrected chi connectivity index (χ4v) is 5.51. The molecule has 0 radical (unpaired) electrons. The summed E-state index contributed by atoms with van der Waals surface area (Å²) in [4.78, 5) is 0. The van der Waals surface area contributed by atoms with E-state index < -0.39 is 7.82 Å². The highest BCUT2D eigenvalue weighted by molar-refractivity contribution is 7.49. The number of aryl methyl sites for hydroxylation is 3. The molecule has 7 nitrogen and oxygen atoms in total. The molecule has 0 spiro atoms. The van der Waals surface area contributed by atoms with E-state index in [-0.39, 0.29) is 0 Å². The standard InChI is InChI=1S/C27H33O7P/c1-16-10-13-22(19(4)25(16)29-7)32-35(28,33-23-14-11-17(2)26(30-8)20(23)5)34-24-15-12-18(3)27(31-9)21(24)6/h10-15H,1-9H3. The molecule has 0 aromatic heterocycles. The van der Waals surface area contributed by atoms with Crippen LogP contribution in [0.3, 0.4) is 0 Å². The van der Waals surface area contributed by atoms with Crippen LogP contribution in [0.4, 0.5) is 0 Å². The van der Waals surface area contributed by atoms with Crippen LogP contribution in [0.5, 0.6) is 34.5 Å². The maximum Gasteiger partial charge on any atom is 0.647 e. The molecule has 0 N–H and O–H groups in total. The van der Waals surface area contributed by atoms with Crippen molar-refractivity contribution in [3.05, 3.63) is 69.8 Å². The van der Waals surface area contributed by atoms with E-state index in [1.807, 2.05) is 59.7 Å². The molecule has 0 saturated carbocycles. The lowest BCUT2D eigenvalue weighted by atomic mass is 10.1. The Morgan fingerprint density at radius 2 is 0.743 bits per heavy atom. The van der Waals surface area contributed by atoms with Gasteiger partial charge in [0.2, 0.25) is 0 Å². The van der Waals surface area contributed by atoms with Crippen molar-refractivity contribution in [2.24, 2.45) is 0 Å². The number of phosphoric ester groups is 1. The van der Waals surface area contributed by atoms with Gasteiger partial charge in [-0.2, -0.15) is 4.57 Å². The van der Waals surface area contributed by atoms with Crippen molar-refractivity contribution < 1.29 is 32.3 Å². The van der Waals surface area contributed by atoms with Crippen molar-refractivity contribution in [1.82, 2.24) is 0 Å². The third-order valence-electron chi connectivity index (χ3n) is 5.90. The van der Waals surface area contributed by atoms with Crippen LogP contribution in [0.2, 0.25) is 0 Å². The Morgan fingerprint density at radius 3 is 0.971 bits per heavy atom. The summed E-state index contributed by atoms with van der Waals surface area (Å²) in [7, 11) is 0.468. The highest BCUT2D eigenvalue weighted by atomic mass is 31.2. The summed E-state index contributed by atoms with van der Waals surface area (Å²) in [6, 6.07) is 10.6. The summed E-state index contributed by atoms with van der Waals surface area (Å²) in [6.07, 6.45) is 0. The van der Waals surface area contributed by atoms with E-state index in [9.17, 15) is 4.57 Å². The Labute approximate surface area is 207 Å². The predicted molar refractivity (Wildman–Crippen MR) is 137 cm³/mol. The first kappa shape index (κ1) is 26.3. The number of hydrogen-bond donors (Lipinski definition) is 0. The second kappa shape index (κ2) is 10.5. The molecule has 3 rings (SSSR count). The first-order chi connectivity index (χ1) is 16.5. The van der Waals surface area contributed by atoms with E-state index in [1.165, 1.54) is 0 Å². The fraction of sp³-hybridized carbons (Fsp3) is 0.333. The molecule has 0 aliphatic carbocycles. The summed E-state index contributed by atoms with van der Waals surface area (Å²) in [5.41, 5.74) is 4.80. The van der Waals surface area contributed by atoms with Crippen molar-refractivity contribution in [2.75, 3.05) is 21.3 Å². The van der Waals surface area contributed by atoms with Crippen molar-refractivity contribution in [3.63, 3.8) is 0 Å². The molecule has 3 aromatic carbocycles. The van der Waals surface area contributed by atoms with E-state index in [1.54, 1.807) is 39.5 Å². The van der Waals surface area contributed by atoms with Gasteiger partial charge in [0.15, 0.2) is 0 Å². The molecule has 0 bridgehead atoms. The fourth-order valence-electron chi connectivity index (χ4n) is 4.08. The molecule has 3 aromatic rings. The Hall–Kier alpha value is -3.31. The molecule has 0 amide bonds. The minimum Gasteiger partial charge on any atom is -0.496 e. The highest BCUT2D eigenvalue weighted by Crippen LogP contribution is 2.53.